The highest BCUT2D eigenvalue weighted by Gasteiger charge is 2.55. The summed E-state index contributed by atoms with van der Waals surface area (Å²) in [5.74, 6) is 0. The molecule has 2 nitrogen and oxygen atoms in total. The SMILES string of the molecule is CC12C=c3ccccc3=CC1N(c1ccccc1)c1cccc3c1B2c1c(ccc2ccccc12)N3c1ccccc1. The summed E-state index contributed by atoms with van der Waals surface area (Å²) in [6.07, 6.45) is 5.10. The van der Waals surface area contributed by atoms with E-state index in [1.165, 1.54) is 60.6 Å². The van der Waals surface area contributed by atoms with Crippen LogP contribution in [0.2, 0.25) is 5.31 Å². The lowest BCUT2D eigenvalue weighted by molar-refractivity contribution is 0.663. The van der Waals surface area contributed by atoms with Crippen molar-refractivity contribution in [2.45, 2.75) is 18.3 Å². The molecule has 3 heteroatoms. The third-order valence-corrected chi connectivity index (χ3v) is 9.71. The van der Waals surface area contributed by atoms with Crippen LogP contribution in [0.3, 0.4) is 0 Å². The molecule has 2 heterocycles. The molecule has 2 atom stereocenters. The van der Waals surface area contributed by atoms with E-state index in [9.17, 15) is 0 Å². The first-order valence-electron chi connectivity index (χ1n) is 14.9. The van der Waals surface area contributed by atoms with E-state index in [0.29, 0.717) is 0 Å². The molecule has 2 unspecified atom stereocenters. The fourth-order valence-electron chi connectivity index (χ4n) is 7.98. The minimum Gasteiger partial charge on any atom is -0.335 e. The van der Waals surface area contributed by atoms with Gasteiger partial charge in [-0.1, -0.05) is 116 Å². The van der Waals surface area contributed by atoms with Crippen molar-refractivity contribution in [3.63, 3.8) is 0 Å². The lowest BCUT2D eigenvalue weighted by Gasteiger charge is -2.55. The predicted molar refractivity (Wildman–Crippen MR) is 179 cm³/mol. The zero-order valence-corrected chi connectivity index (χ0v) is 23.5. The second kappa shape index (κ2) is 8.74. The third-order valence-electron chi connectivity index (χ3n) is 9.71. The third kappa shape index (κ3) is 3.17. The van der Waals surface area contributed by atoms with E-state index >= 15 is 0 Å². The van der Waals surface area contributed by atoms with Gasteiger partial charge in [0.25, 0.3) is 0 Å². The lowest BCUT2D eigenvalue weighted by atomic mass is 9.22. The average molecular weight is 536 g/mol. The van der Waals surface area contributed by atoms with Gasteiger partial charge in [-0.2, -0.15) is 0 Å². The van der Waals surface area contributed by atoms with Crippen molar-refractivity contribution < 1.29 is 0 Å². The quantitative estimate of drug-likeness (QED) is 0.225. The Hall–Kier alpha value is -5.02. The Morgan fingerprint density at radius 2 is 1.19 bits per heavy atom. The molecule has 0 radical (unpaired) electrons. The van der Waals surface area contributed by atoms with E-state index < -0.39 is 0 Å². The summed E-state index contributed by atoms with van der Waals surface area (Å²) in [4.78, 5) is 5.09. The molecule has 0 spiro atoms. The van der Waals surface area contributed by atoms with E-state index in [0.717, 1.165) is 0 Å². The second-order valence-corrected chi connectivity index (χ2v) is 12.0. The molecule has 0 saturated carbocycles. The second-order valence-electron chi connectivity index (χ2n) is 12.0. The largest absolute Gasteiger partial charge is 0.335 e. The minimum atomic E-state index is -0.213. The summed E-state index contributed by atoms with van der Waals surface area (Å²) in [5, 5.41) is 5.03. The highest BCUT2D eigenvalue weighted by atomic mass is 15.2. The Kier molecular flexibility index (Phi) is 4.93. The molecule has 3 aliphatic rings. The van der Waals surface area contributed by atoms with Gasteiger partial charge >= 0.3 is 0 Å². The van der Waals surface area contributed by atoms with Gasteiger partial charge < -0.3 is 9.80 Å². The maximum atomic E-state index is 2.60. The van der Waals surface area contributed by atoms with Crippen molar-refractivity contribution in [2.75, 3.05) is 9.80 Å². The Labute approximate surface area is 246 Å². The van der Waals surface area contributed by atoms with Crippen LogP contribution in [-0.2, 0) is 0 Å². The number of benzene rings is 6. The van der Waals surface area contributed by atoms with Crippen LogP contribution in [0.1, 0.15) is 6.92 Å². The molecule has 0 N–H and O–H groups in total. The molecular weight excluding hydrogens is 507 g/mol. The van der Waals surface area contributed by atoms with Gasteiger partial charge in [-0.3, -0.25) is 0 Å². The van der Waals surface area contributed by atoms with Crippen molar-refractivity contribution >= 4 is 69.0 Å². The van der Waals surface area contributed by atoms with Crippen LogP contribution in [0.4, 0.5) is 28.4 Å². The molecular formula is C39H29BN2. The van der Waals surface area contributed by atoms with Crippen molar-refractivity contribution in [1.82, 2.24) is 0 Å². The Balaban J connectivity index is 1.46. The van der Waals surface area contributed by atoms with Gasteiger partial charge in [-0.05, 0) is 79.9 Å². The Morgan fingerprint density at radius 3 is 2.00 bits per heavy atom. The molecule has 1 aliphatic carbocycles. The summed E-state index contributed by atoms with van der Waals surface area (Å²) < 4.78 is 0. The van der Waals surface area contributed by atoms with Crippen molar-refractivity contribution in [3.8, 4) is 0 Å². The summed E-state index contributed by atoms with van der Waals surface area (Å²) in [7, 11) is 0. The van der Waals surface area contributed by atoms with Gasteiger partial charge in [0.1, 0.15) is 0 Å². The first-order valence-corrected chi connectivity index (χ1v) is 14.9. The lowest BCUT2D eigenvalue weighted by Crippen LogP contribution is -2.67. The van der Waals surface area contributed by atoms with Gasteiger partial charge in [-0.15, -0.1) is 0 Å². The summed E-state index contributed by atoms with van der Waals surface area (Å²) in [5.41, 5.74) is 9.05. The van der Waals surface area contributed by atoms with Crippen LogP contribution in [0.5, 0.6) is 0 Å². The molecule has 0 aromatic heterocycles. The van der Waals surface area contributed by atoms with Crippen LogP contribution in [0.25, 0.3) is 22.9 Å². The smallest absolute Gasteiger partial charge is 0.230 e. The fraction of sp³-hybridized carbons (Fsp3) is 0.0769. The van der Waals surface area contributed by atoms with Crippen LogP contribution >= 0.6 is 0 Å². The highest BCUT2D eigenvalue weighted by molar-refractivity contribution is 6.94. The molecule has 0 fully saturated rings. The van der Waals surface area contributed by atoms with E-state index in [1.807, 2.05) is 0 Å². The number of hydrogen-bond acceptors (Lipinski definition) is 2. The van der Waals surface area contributed by atoms with Crippen molar-refractivity contribution in [1.29, 1.82) is 0 Å². The van der Waals surface area contributed by atoms with E-state index in [-0.39, 0.29) is 18.1 Å². The number of nitrogens with zero attached hydrogens (tertiary/aromatic N) is 2. The van der Waals surface area contributed by atoms with Gasteiger partial charge in [0, 0.05) is 28.4 Å². The van der Waals surface area contributed by atoms with Gasteiger partial charge in [0.15, 0.2) is 0 Å². The number of rotatable bonds is 2. The van der Waals surface area contributed by atoms with Crippen molar-refractivity contribution in [3.05, 3.63) is 150 Å². The van der Waals surface area contributed by atoms with E-state index in [4.69, 9.17) is 0 Å². The summed E-state index contributed by atoms with van der Waals surface area (Å²) >= 11 is 0. The van der Waals surface area contributed by atoms with Crippen LogP contribution in [0, 0.1) is 0 Å². The number of fused-ring (bicyclic) bond motifs is 7. The van der Waals surface area contributed by atoms with Crippen LogP contribution in [0.15, 0.2) is 140 Å². The molecule has 9 rings (SSSR count). The van der Waals surface area contributed by atoms with Gasteiger partial charge in [0.05, 0.1) is 6.04 Å². The molecule has 0 saturated heterocycles. The van der Waals surface area contributed by atoms with E-state index in [2.05, 4.69) is 168 Å². The zero-order chi connectivity index (χ0) is 27.8. The summed E-state index contributed by atoms with van der Waals surface area (Å²) in [6, 6.07) is 51.3. The maximum absolute atomic E-state index is 2.60. The predicted octanol–water partition coefficient (Wildman–Crippen LogP) is 6.79. The van der Waals surface area contributed by atoms with E-state index in [1.54, 1.807) is 0 Å². The molecule has 0 bridgehead atoms. The molecule has 0 amide bonds. The first kappa shape index (κ1) is 23.7. The molecule has 6 aromatic carbocycles. The fourth-order valence-corrected chi connectivity index (χ4v) is 7.98. The Bertz CT molecular complexity index is 2140. The number of hydrogen-bond donors (Lipinski definition) is 0. The standard InChI is InChI=1S/C39H29BN2/c1-39-26-29-15-9-8-14-28(29)25-36(39)42(31-18-6-3-7-19-31)34-22-12-21-33-38(34)40(39)37-32-20-11-10-13-27(32)23-24-35(37)41(33)30-16-4-2-5-17-30/h2-26,36H,1H3. The topological polar surface area (TPSA) is 6.48 Å². The molecule has 2 aliphatic heterocycles. The summed E-state index contributed by atoms with van der Waals surface area (Å²) in [6.45, 7) is 2.66. The number of para-hydroxylation sites is 2. The van der Waals surface area contributed by atoms with Gasteiger partial charge in [-0.25, -0.2) is 0 Å². The zero-order valence-electron chi connectivity index (χ0n) is 23.5. The molecule has 198 valence electrons. The first-order chi connectivity index (χ1) is 20.7. The Morgan fingerprint density at radius 1 is 0.548 bits per heavy atom. The molecule has 42 heavy (non-hydrogen) atoms. The maximum Gasteiger partial charge on any atom is 0.230 e. The molecule has 6 aromatic rings. The minimum absolute atomic E-state index is 0.137. The highest BCUT2D eigenvalue weighted by Crippen LogP contribution is 2.53. The number of anilines is 5. The average Bonchev–Trinajstić information content (AvgIpc) is 3.04. The van der Waals surface area contributed by atoms with Gasteiger partial charge in [0.2, 0.25) is 6.71 Å². The van der Waals surface area contributed by atoms with Crippen molar-refractivity contribution in [2.24, 2.45) is 0 Å². The van der Waals surface area contributed by atoms with Crippen LogP contribution < -0.4 is 31.2 Å². The van der Waals surface area contributed by atoms with Crippen LogP contribution in [-0.4, -0.2) is 12.8 Å². The monoisotopic (exact) mass is 536 g/mol. The normalized spacial score (nSPS) is 19.6.